The number of sulfonamides is 1. The number of para-hydroxylation sites is 2. The van der Waals surface area contributed by atoms with Gasteiger partial charge in [-0.2, -0.15) is 0 Å². The van der Waals surface area contributed by atoms with Crippen LogP contribution in [-0.4, -0.2) is 28.4 Å². The minimum atomic E-state index is -4.09. The van der Waals surface area contributed by atoms with Crippen LogP contribution < -0.4 is 4.72 Å². The van der Waals surface area contributed by atoms with Crippen LogP contribution in [0, 0.1) is 17.0 Å². The number of hydrogen-bond acceptors (Lipinski definition) is 7. The molecule has 0 saturated carbocycles. The number of anilines is 1. The first-order valence-corrected chi connectivity index (χ1v) is 11.3. The van der Waals surface area contributed by atoms with Gasteiger partial charge in [-0.3, -0.25) is 14.8 Å². The lowest BCUT2D eigenvalue weighted by molar-refractivity contribution is -0.385. The van der Waals surface area contributed by atoms with E-state index in [1.165, 1.54) is 30.3 Å². The second kappa shape index (κ2) is 7.93. The lowest BCUT2D eigenvalue weighted by Crippen LogP contribution is -2.14. The maximum Gasteiger partial charge on any atom is 0.270 e. The number of fused-ring (bicyclic) bond motifs is 1. The topological polar surface area (TPSA) is 138 Å². The predicted octanol–water partition coefficient (Wildman–Crippen LogP) is 4.44. The summed E-state index contributed by atoms with van der Waals surface area (Å²) in [7, 11) is -4.09. The van der Waals surface area contributed by atoms with Gasteiger partial charge in [-0.1, -0.05) is 18.2 Å². The molecule has 0 saturated heterocycles. The Kier molecular flexibility index (Phi) is 5.29. The first kappa shape index (κ1) is 20.7. The zero-order chi connectivity index (χ0) is 22.2. The van der Waals surface area contributed by atoms with Crippen molar-refractivity contribution in [3.63, 3.8) is 0 Å². The van der Waals surface area contributed by atoms with E-state index in [1.807, 2.05) is 24.3 Å². The fourth-order valence-corrected chi connectivity index (χ4v) is 5.13. The minimum absolute atomic E-state index is 0.0417. The highest BCUT2D eigenvalue weighted by Gasteiger charge is 2.21. The largest absolute Gasteiger partial charge is 0.507 e. The van der Waals surface area contributed by atoms with Gasteiger partial charge in [-0.05, 0) is 54.6 Å². The Morgan fingerprint density at radius 3 is 2.65 bits per heavy atom. The summed E-state index contributed by atoms with van der Waals surface area (Å²) in [4.78, 5) is 18.1. The molecule has 3 N–H and O–H groups in total. The van der Waals surface area contributed by atoms with Crippen molar-refractivity contribution in [2.24, 2.45) is 0 Å². The summed E-state index contributed by atoms with van der Waals surface area (Å²) in [6.07, 6.45) is 0. The van der Waals surface area contributed by atoms with Crippen LogP contribution in [0.5, 0.6) is 5.75 Å². The number of aromatic amines is 1. The maximum atomic E-state index is 12.8. The molecule has 4 rings (SSSR count). The quantitative estimate of drug-likeness (QED) is 0.221. The highest BCUT2D eigenvalue weighted by Crippen LogP contribution is 2.36. The lowest BCUT2D eigenvalue weighted by atomic mass is 10.2. The number of H-pyrrole nitrogens is 1. The zero-order valence-corrected chi connectivity index (χ0v) is 17.7. The van der Waals surface area contributed by atoms with Gasteiger partial charge in [-0.15, -0.1) is 0 Å². The van der Waals surface area contributed by atoms with Gasteiger partial charge in [0.05, 0.1) is 31.4 Å². The van der Waals surface area contributed by atoms with E-state index < -0.39 is 14.9 Å². The number of nitrogens with one attached hydrogen (secondary N) is 2. The minimum Gasteiger partial charge on any atom is -0.507 e. The molecule has 0 aliphatic carbocycles. The SMILES string of the molecule is Cc1ccc([N+](=O)[O-])cc1S(=O)(=O)Nc1ccc(O)c(Sc2nc3ccccc3[nH]2)c1. The number of nitro groups is 1. The number of aryl methyl sites for hydroxylation is 1. The second-order valence-corrected chi connectivity index (χ2v) is 9.34. The third-order valence-electron chi connectivity index (χ3n) is 4.46. The smallest absolute Gasteiger partial charge is 0.270 e. The van der Waals surface area contributed by atoms with E-state index in [0.717, 1.165) is 28.9 Å². The third-order valence-corrected chi connectivity index (χ3v) is 6.92. The Bertz CT molecular complexity index is 1380. The monoisotopic (exact) mass is 456 g/mol. The Morgan fingerprint density at radius 1 is 1.13 bits per heavy atom. The number of hydrogen-bond donors (Lipinski definition) is 3. The Morgan fingerprint density at radius 2 is 1.90 bits per heavy atom. The normalized spacial score (nSPS) is 11.5. The summed E-state index contributed by atoms with van der Waals surface area (Å²) >= 11 is 1.14. The number of non-ortho nitro benzene ring substituents is 1. The van der Waals surface area contributed by atoms with Crippen molar-refractivity contribution in [2.45, 2.75) is 21.9 Å². The molecular weight excluding hydrogens is 440 g/mol. The fourth-order valence-electron chi connectivity index (χ4n) is 2.94. The molecule has 0 aliphatic heterocycles. The maximum absolute atomic E-state index is 12.8. The van der Waals surface area contributed by atoms with Gasteiger partial charge in [0.1, 0.15) is 5.75 Å². The summed E-state index contributed by atoms with van der Waals surface area (Å²) in [6, 6.07) is 15.3. The Labute approximate surface area is 181 Å². The van der Waals surface area contributed by atoms with Gasteiger partial charge in [0.2, 0.25) is 0 Å². The summed E-state index contributed by atoms with van der Waals surface area (Å²) < 4.78 is 28.1. The van der Waals surface area contributed by atoms with Gasteiger partial charge >= 0.3 is 0 Å². The summed E-state index contributed by atoms with van der Waals surface area (Å²) in [5.74, 6) is -0.0417. The average molecular weight is 457 g/mol. The van der Waals surface area contributed by atoms with Gasteiger partial charge < -0.3 is 10.1 Å². The molecule has 31 heavy (non-hydrogen) atoms. The Balaban J connectivity index is 1.63. The van der Waals surface area contributed by atoms with Crippen molar-refractivity contribution in [1.29, 1.82) is 0 Å². The van der Waals surface area contributed by atoms with E-state index in [-0.39, 0.29) is 22.0 Å². The van der Waals surface area contributed by atoms with Crippen LogP contribution >= 0.6 is 11.8 Å². The predicted molar refractivity (Wildman–Crippen MR) is 117 cm³/mol. The van der Waals surface area contributed by atoms with Crippen LogP contribution in [0.1, 0.15) is 5.56 Å². The van der Waals surface area contributed by atoms with Crippen molar-refractivity contribution in [3.8, 4) is 5.75 Å². The van der Waals surface area contributed by atoms with Crippen LogP contribution in [-0.2, 0) is 10.0 Å². The summed E-state index contributed by atoms with van der Waals surface area (Å²) in [6.45, 7) is 1.55. The molecule has 1 aromatic heterocycles. The van der Waals surface area contributed by atoms with E-state index in [1.54, 1.807) is 6.92 Å². The lowest BCUT2D eigenvalue weighted by Gasteiger charge is -2.12. The number of benzene rings is 3. The number of aromatic nitrogens is 2. The first-order valence-electron chi connectivity index (χ1n) is 8.96. The number of aromatic hydroxyl groups is 1. The molecule has 0 spiro atoms. The number of phenolic OH excluding ortho intramolecular Hbond substituents is 1. The van der Waals surface area contributed by atoms with Crippen LogP contribution in [0.3, 0.4) is 0 Å². The molecule has 9 nitrogen and oxygen atoms in total. The molecule has 11 heteroatoms. The molecule has 1 heterocycles. The zero-order valence-electron chi connectivity index (χ0n) is 16.1. The van der Waals surface area contributed by atoms with Gasteiger partial charge in [-0.25, -0.2) is 13.4 Å². The van der Waals surface area contributed by atoms with E-state index in [4.69, 9.17) is 0 Å². The van der Waals surface area contributed by atoms with Crippen molar-refractivity contribution >= 4 is 44.2 Å². The van der Waals surface area contributed by atoms with Gasteiger partial charge in [0.25, 0.3) is 15.7 Å². The van der Waals surface area contributed by atoms with Crippen LogP contribution in [0.4, 0.5) is 11.4 Å². The summed E-state index contributed by atoms with van der Waals surface area (Å²) in [5.41, 5.74) is 1.85. The number of nitro benzene ring substituents is 1. The van der Waals surface area contributed by atoms with E-state index in [0.29, 0.717) is 15.6 Å². The van der Waals surface area contributed by atoms with E-state index in [9.17, 15) is 23.6 Å². The van der Waals surface area contributed by atoms with Gasteiger partial charge in [0, 0.05) is 12.1 Å². The van der Waals surface area contributed by atoms with Crippen molar-refractivity contribution < 1.29 is 18.4 Å². The number of imidazole rings is 1. The number of phenols is 1. The standard InChI is InChI=1S/C20H16N4O5S2/c1-12-6-8-14(24(26)27)11-19(12)31(28,29)23-13-7-9-17(25)18(10-13)30-20-21-15-4-2-3-5-16(15)22-20/h2-11,23,25H,1H3,(H,21,22). The van der Waals surface area contributed by atoms with Crippen molar-refractivity contribution in [1.82, 2.24) is 9.97 Å². The number of nitrogens with zero attached hydrogens (tertiary/aromatic N) is 2. The van der Waals surface area contributed by atoms with Gasteiger partial charge in [0.15, 0.2) is 5.16 Å². The van der Waals surface area contributed by atoms with E-state index >= 15 is 0 Å². The molecule has 4 aromatic rings. The molecule has 0 bridgehead atoms. The molecular formula is C20H16N4O5S2. The molecule has 3 aromatic carbocycles. The second-order valence-electron chi connectivity index (χ2n) is 6.66. The molecule has 158 valence electrons. The molecule has 0 radical (unpaired) electrons. The molecule has 0 atom stereocenters. The summed E-state index contributed by atoms with van der Waals surface area (Å²) in [5, 5.41) is 21.8. The molecule has 0 fully saturated rings. The van der Waals surface area contributed by atoms with Crippen LogP contribution in [0.25, 0.3) is 11.0 Å². The molecule has 0 unspecified atom stereocenters. The average Bonchev–Trinajstić information content (AvgIpc) is 3.12. The van der Waals surface area contributed by atoms with E-state index in [2.05, 4.69) is 14.7 Å². The van der Waals surface area contributed by atoms with Crippen molar-refractivity contribution in [2.75, 3.05) is 4.72 Å². The third kappa shape index (κ3) is 4.32. The Hall–Kier alpha value is -3.57. The number of rotatable bonds is 6. The van der Waals surface area contributed by atoms with Crippen LogP contribution in [0.2, 0.25) is 0 Å². The highest BCUT2D eigenvalue weighted by atomic mass is 32.2. The van der Waals surface area contributed by atoms with Crippen LogP contribution in [0.15, 0.2) is 75.6 Å². The van der Waals surface area contributed by atoms with Crippen molar-refractivity contribution in [3.05, 3.63) is 76.3 Å². The highest BCUT2D eigenvalue weighted by molar-refractivity contribution is 7.99. The first-order chi connectivity index (χ1) is 14.7. The fraction of sp³-hybridized carbons (Fsp3) is 0.0500. The molecule has 0 aliphatic rings. The molecule has 0 amide bonds.